The molecule has 3 aromatic carbocycles. The molecule has 0 aliphatic carbocycles. The summed E-state index contributed by atoms with van der Waals surface area (Å²) >= 11 is 0. The Kier molecular flexibility index (Phi) is 12.0. The van der Waals surface area contributed by atoms with E-state index < -0.39 is 41.9 Å². The number of nitrogens with one attached hydrogen (secondary N) is 2. The number of amides is 3. The van der Waals surface area contributed by atoms with E-state index in [0.29, 0.717) is 18.4 Å². The van der Waals surface area contributed by atoms with Crippen molar-refractivity contribution >= 4 is 47.2 Å². The summed E-state index contributed by atoms with van der Waals surface area (Å²) in [5.74, 6) is -6.13. The number of anilines is 2. The molecule has 0 saturated heterocycles. The molecule has 0 heterocycles. The first-order valence-electron chi connectivity index (χ1n) is 13.7. The number of rotatable bonds is 14. The van der Waals surface area contributed by atoms with Crippen LogP contribution in [0.4, 0.5) is 16.2 Å². The molecule has 0 aromatic heterocycles. The highest BCUT2D eigenvalue weighted by atomic mass is 16.5. The van der Waals surface area contributed by atoms with Crippen molar-refractivity contribution in [3.8, 4) is 11.5 Å². The smallest absolute Gasteiger partial charge is 0.405 e. The first-order valence-corrected chi connectivity index (χ1v) is 13.7. The highest BCUT2D eigenvalue weighted by molar-refractivity contribution is 6.39. The molecule has 0 aliphatic heterocycles. The SMILES string of the molecule is COC(=O)c1c(O)cccc1OCCCCNC(=O)[C@H](Cc1ccc(N(C(=O)C(=O)O)c2ccccc2C(=O)O)cc1)NC(=O)O. The molecular formula is C31H31N3O12. The van der Waals surface area contributed by atoms with Crippen molar-refractivity contribution < 1.29 is 58.7 Å². The quantitative estimate of drug-likeness (QED) is 0.0852. The number of benzene rings is 3. The van der Waals surface area contributed by atoms with Gasteiger partial charge in [0.1, 0.15) is 23.1 Å². The van der Waals surface area contributed by atoms with Crippen molar-refractivity contribution in [1.82, 2.24) is 10.6 Å². The average Bonchev–Trinajstić information content (AvgIpc) is 3.02. The van der Waals surface area contributed by atoms with Crippen LogP contribution in [0.5, 0.6) is 11.5 Å². The Morgan fingerprint density at radius 1 is 0.870 bits per heavy atom. The van der Waals surface area contributed by atoms with E-state index in [1.54, 1.807) is 0 Å². The molecule has 0 bridgehead atoms. The highest BCUT2D eigenvalue weighted by Gasteiger charge is 2.28. The zero-order valence-electron chi connectivity index (χ0n) is 24.5. The Morgan fingerprint density at radius 2 is 1.57 bits per heavy atom. The number of aromatic hydroxyl groups is 1. The van der Waals surface area contributed by atoms with E-state index >= 15 is 0 Å². The number of ether oxygens (including phenoxy) is 2. The zero-order chi connectivity index (χ0) is 33.8. The number of methoxy groups -OCH3 is 1. The molecule has 6 N–H and O–H groups in total. The van der Waals surface area contributed by atoms with E-state index in [9.17, 15) is 49.2 Å². The average molecular weight is 638 g/mol. The topological polar surface area (TPSA) is 229 Å². The number of unbranched alkanes of at least 4 members (excludes halogenated alkanes) is 1. The van der Waals surface area contributed by atoms with Crippen LogP contribution in [0.2, 0.25) is 0 Å². The van der Waals surface area contributed by atoms with Gasteiger partial charge in [-0.25, -0.2) is 19.2 Å². The Labute approximate surface area is 262 Å². The van der Waals surface area contributed by atoms with Crippen LogP contribution in [0.15, 0.2) is 66.7 Å². The number of carbonyl (C=O) groups is 6. The van der Waals surface area contributed by atoms with Gasteiger partial charge in [0, 0.05) is 18.7 Å². The standard InChI is InChI=1S/C31H31N3O12/c1-45-30(42)25-23(35)9-6-10-24(25)46-16-5-4-15-32-26(36)21(33-31(43)44)17-18-11-13-19(14-12-18)34(27(37)29(40)41)22-8-3-2-7-20(22)28(38)39/h2-3,6-14,21,33,35H,4-5,15-17H2,1H3,(H,32,36)(H,38,39)(H,40,41)(H,43,44)/t21-/m0/s1. The Morgan fingerprint density at radius 3 is 2.20 bits per heavy atom. The van der Waals surface area contributed by atoms with Crippen molar-refractivity contribution in [1.29, 1.82) is 0 Å². The fourth-order valence-electron chi connectivity index (χ4n) is 4.38. The third kappa shape index (κ3) is 8.95. The molecule has 0 radical (unpaired) electrons. The molecular weight excluding hydrogens is 606 g/mol. The van der Waals surface area contributed by atoms with Gasteiger partial charge in [-0.3, -0.25) is 14.5 Å². The molecule has 242 valence electrons. The lowest BCUT2D eigenvalue weighted by Gasteiger charge is -2.23. The number of carboxylic acid groups (broad SMARTS) is 3. The Balaban J connectivity index is 1.63. The summed E-state index contributed by atoms with van der Waals surface area (Å²) in [7, 11) is 1.17. The predicted octanol–water partition coefficient (Wildman–Crippen LogP) is 2.78. The van der Waals surface area contributed by atoms with E-state index in [1.807, 2.05) is 0 Å². The number of carboxylic acids is 2. The summed E-state index contributed by atoms with van der Waals surface area (Å²) in [6, 6.07) is 14.1. The normalized spacial score (nSPS) is 11.1. The molecule has 0 fully saturated rings. The number of phenols is 1. The summed E-state index contributed by atoms with van der Waals surface area (Å²) in [6.07, 6.45) is -0.682. The first kappa shape index (κ1) is 34.4. The number of aromatic carboxylic acids is 1. The number of para-hydroxylation sites is 1. The number of phenolic OH excluding ortho intramolecular Hbond substituents is 1. The van der Waals surface area contributed by atoms with Gasteiger partial charge in [-0.05, 0) is 54.8 Å². The fraction of sp³-hybridized carbons (Fsp3) is 0.226. The molecule has 3 amide bonds. The van der Waals surface area contributed by atoms with Crippen LogP contribution in [0.1, 0.15) is 39.1 Å². The monoisotopic (exact) mass is 637 g/mol. The van der Waals surface area contributed by atoms with E-state index in [1.165, 1.54) is 73.8 Å². The summed E-state index contributed by atoms with van der Waals surface area (Å²) in [6.45, 7) is 0.308. The van der Waals surface area contributed by atoms with Crippen LogP contribution >= 0.6 is 0 Å². The summed E-state index contributed by atoms with van der Waals surface area (Å²) in [4.78, 5) is 72.7. The second-order valence-electron chi connectivity index (χ2n) is 9.63. The van der Waals surface area contributed by atoms with Crippen LogP contribution in [-0.4, -0.2) is 82.5 Å². The number of nitrogens with zero attached hydrogens (tertiary/aromatic N) is 1. The Bertz CT molecular complexity index is 1610. The molecule has 46 heavy (non-hydrogen) atoms. The third-order valence-corrected chi connectivity index (χ3v) is 6.53. The lowest BCUT2D eigenvalue weighted by Crippen LogP contribution is -2.47. The summed E-state index contributed by atoms with van der Waals surface area (Å²) < 4.78 is 10.2. The summed E-state index contributed by atoms with van der Waals surface area (Å²) in [5.41, 5.74) is -0.103. The molecule has 15 heteroatoms. The third-order valence-electron chi connectivity index (χ3n) is 6.53. The minimum atomic E-state index is -1.82. The van der Waals surface area contributed by atoms with Crippen molar-refractivity contribution in [2.24, 2.45) is 0 Å². The number of hydrogen-bond acceptors (Lipinski definition) is 9. The minimum absolute atomic E-state index is 0.0312. The molecule has 3 aromatic rings. The van der Waals surface area contributed by atoms with Gasteiger partial charge in [-0.2, -0.15) is 0 Å². The van der Waals surface area contributed by atoms with Crippen molar-refractivity contribution in [2.45, 2.75) is 25.3 Å². The van der Waals surface area contributed by atoms with Crippen molar-refractivity contribution in [2.75, 3.05) is 25.2 Å². The largest absolute Gasteiger partial charge is 0.507 e. The van der Waals surface area contributed by atoms with Gasteiger partial charge >= 0.3 is 29.9 Å². The van der Waals surface area contributed by atoms with Gasteiger partial charge in [0.2, 0.25) is 5.91 Å². The van der Waals surface area contributed by atoms with Crippen LogP contribution < -0.4 is 20.3 Å². The van der Waals surface area contributed by atoms with Gasteiger partial charge in [0.25, 0.3) is 0 Å². The lowest BCUT2D eigenvalue weighted by molar-refractivity contribution is -0.148. The van der Waals surface area contributed by atoms with Gasteiger partial charge in [0.15, 0.2) is 0 Å². The lowest BCUT2D eigenvalue weighted by atomic mass is 10.0. The molecule has 0 unspecified atom stereocenters. The number of hydrogen-bond donors (Lipinski definition) is 6. The van der Waals surface area contributed by atoms with Gasteiger partial charge in [-0.15, -0.1) is 0 Å². The van der Waals surface area contributed by atoms with Gasteiger partial charge in [0.05, 0.1) is 25.0 Å². The zero-order valence-corrected chi connectivity index (χ0v) is 24.5. The van der Waals surface area contributed by atoms with Crippen LogP contribution in [0, 0.1) is 0 Å². The second kappa shape index (κ2) is 16.1. The summed E-state index contributed by atoms with van der Waals surface area (Å²) in [5, 5.41) is 42.9. The fourth-order valence-corrected chi connectivity index (χ4v) is 4.38. The molecule has 0 saturated carbocycles. The first-order chi connectivity index (χ1) is 21.9. The molecule has 15 nitrogen and oxygen atoms in total. The number of carbonyl (C=O) groups excluding carboxylic acids is 3. The van der Waals surface area contributed by atoms with Crippen LogP contribution in [0.25, 0.3) is 0 Å². The minimum Gasteiger partial charge on any atom is -0.507 e. The van der Waals surface area contributed by atoms with Crippen LogP contribution in [-0.2, 0) is 25.5 Å². The molecule has 1 atom stereocenters. The van der Waals surface area contributed by atoms with Gasteiger partial charge in [-0.1, -0.05) is 30.3 Å². The van der Waals surface area contributed by atoms with E-state index in [4.69, 9.17) is 4.74 Å². The van der Waals surface area contributed by atoms with E-state index in [-0.39, 0.29) is 53.6 Å². The molecule has 0 aliphatic rings. The number of esters is 1. The maximum atomic E-state index is 12.8. The molecule has 3 rings (SSSR count). The van der Waals surface area contributed by atoms with Crippen LogP contribution in [0.3, 0.4) is 0 Å². The molecule has 0 spiro atoms. The highest BCUT2D eigenvalue weighted by Crippen LogP contribution is 2.30. The second-order valence-corrected chi connectivity index (χ2v) is 9.63. The van der Waals surface area contributed by atoms with Crippen molar-refractivity contribution in [3.63, 3.8) is 0 Å². The maximum absolute atomic E-state index is 12.8. The van der Waals surface area contributed by atoms with Gasteiger partial charge < -0.3 is 40.5 Å². The predicted molar refractivity (Wildman–Crippen MR) is 160 cm³/mol. The maximum Gasteiger partial charge on any atom is 0.405 e. The van der Waals surface area contributed by atoms with Crippen molar-refractivity contribution in [3.05, 3.63) is 83.4 Å². The Hall–Kier alpha value is -6.12. The van der Waals surface area contributed by atoms with E-state index in [2.05, 4.69) is 15.4 Å². The number of aliphatic carboxylic acids is 1. The van der Waals surface area contributed by atoms with E-state index in [0.717, 1.165) is 4.90 Å².